The summed E-state index contributed by atoms with van der Waals surface area (Å²) in [4.78, 5) is 16.1. The van der Waals surface area contributed by atoms with E-state index in [4.69, 9.17) is 10.5 Å². The lowest BCUT2D eigenvalue weighted by Gasteiger charge is -2.57. The number of rotatable bonds is 5. The van der Waals surface area contributed by atoms with Gasteiger partial charge in [-0.05, 0) is 42.8 Å². The monoisotopic (exact) mass is 473 g/mol. The number of fused-ring (bicyclic) bond motifs is 2. The van der Waals surface area contributed by atoms with Crippen molar-refractivity contribution in [1.82, 2.24) is 4.90 Å². The Labute approximate surface area is 192 Å². The SMILES string of the molecule is N#Cc1ccc(N2C3CC2CN(CC(O)C(=O)Nc2ccc(C#N)c(C(F)(F)F)c2)C3)c(F)c1. The van der Waals surface area contributed by atoms with Gasteiger partial charge in [0.1, 0.15) is 11.9 Å². The van der Waals surface area contributed by atoms with Crippen molar-refractivity contribution in [3.05, 3.63) is 58.9 Å². The standard InChI is InChI=1S/C23H19F4N5O2/c24-19-5-13(8-28)1-4-20(19)32-16-7-17(32)11-31(10-16)12-21(33)22(34)30-15-3-2-14(9-29)18(6-15)23(25,26)27/h1-6,16-17,21,33H,7,10-12H2,(H,30,34). The zero-order chi connectivity index (χ0) is 24.6. The Bertz CT molecular complexity index is 1190. The van der Waals surface area contributed by atoms with Crippen LogP contribution in [0.4, 0.5) is 28.9 Å². The number of piperidine rings is 1. The van der Waals surface area contributed by atoms with Crippen LogP contribution in [0.5, 0.6) is 0 Å². The molecule has 11 heteroatoms. The highest BCUT2D eigenvalue weighted by atomic mass is 19.4. The minimum Gasteiger partial charge on any atom is -0.382 e. The predicted molar refractivity (Wildman–Crippen MR) is 113 cm³/mol. The van der Waals surface area contributed by atoms with Crippen molar-refractivity contribution in [3.63, 3.8) is 0 Å². The number of aliphatic hydroxyl groups is 1. The highest BCUT2D eigenvalue weighted by Crippen LogP contribution is 2.38. The number of amides is 1. The quantitative estimate of drug-likeness (QED) is 0.648. The first-order valence-corrected chi connectivity index (χ1v) is 10.4. The summed E-state index contributed by atoms with van der Waals surface area (Å²) in [5, 5.41) is 30.3. The number of nitrogens with one attached hydrogen (secondary N) is 1. The van der Waals surface area contributed by atoms with Gasteiger partial charge in [-0.15, -0.1) is 0 Å². The number of halogens is 4. The molecule has 3 fully saturated rings. The number of hydrogen-bond acceptors (Lipinski definition) is 6. The summed E-state index contributed by atoms with van der Waals surface area (Å²) in [6.45, 7) is 0.898. The molecule has 2 N–H and O–H groups in total. The summed E-state index contributed by atoms with van der Waals surface area (Å²) in [5.74, 6) is -1.35. The van der Waals surface area contributed by atoms with E-state index in [2.05, 4.69) is 5.32 Å². The first-order valence-electron chi connectivity index (χ1n) is 10.4. The molecule has 34 heavy (non-hydrogen) atoms. The summed E-state index contributed by atoms with van der Waals surface area (Å²) in [5.41, 5.74) is -1.29. The van der Waals surface area contributed by atoms with Gasteiger partial charge in [-0.25, -0.2) is 4.39 Å². The Morgan fingerprint density at radius 3 is 2.44 bits per heavy atom. The fourth-order valence-electron chi connectivity index (χ4n) is 4.53. The van der Waals surface area contributed by atoms with Crippen molar-refractivity contribution in [2.75, 3.05) is 29.9 Å². The van der Waals surface area contributed by atoms with Crippen molar-refractivity contribution in [1.29, 1.82) is 10.5 Å². The Morgan fingerprint density at radius 1 is 1.15 bits per heavy atom. The molecule has 2 aromatic rings. The summed E-state index contributed by atoms with van der Waals surface area (Å²) in [7, 11) is 0. The largest absolute Gasteiger partial charge is 0.417 e. The maximum absolute atomic E-state index is 14.4. The Hall–Kier alpha value is -3.67. The fraction of sp³-hybridized carbons (Fsp3) is 0.348. The van der Waals surface area contributed by atoms with Gasteiger partial charge in [-0.3, -0.25) is 9.69 Å². The molecule has 2 bridgehead atoms. The smallest absolute Gasteiger partial charge is 0.382 e. The van der Waals surface area contributed by atoms with Gasteiger partial charge >= 0.3 is 6.18 Å². The predicted octanol–water partition coefficient (Wildman–Crippen LogP) is 2.85. The van der Waals surface area contributed by atoms with Gasteiger partial charge in [0.15, 0.2) is 0 Å². The van der Waals surface area contributed by atoms with E-state index in [1.807, 2.05) is 15.9 Å². The molecule has 0 aliphatic carbocycles. The van der Waals surface area contributed by atoms with Crippen LogP contribution in [0, 0.1) is 28.5 Å². The molecule has 3 heterocycles. The van der Waals surface area contributed by atoms with E-state index in [1.54, 1.807) is 12.1 Å². The number of piperazine rings is 1. The highest BCUT2D eigenvalue weighted by Gasteiger charge is 2.46. The zero-order valence-corrected chi connectivity index (χ0v) is 17.7. The Kier molecular flexibility index (Phi) is 6.17. The van der Waals surface area contributed by atoms with Gasteiger partial charge in [0, 0.05) is 37.4 Å². The van der Waals surface area contributed by atoms with Crippen LogP contribution in [0.15, 0.2) is 36.4 Å². The maximum atomic E-state index is 14.4. The lowest BCUT2D eigenvalue weighted by Crippen LogP contribution is -2.70. The van der Waals surface area contributed by atoms with E-state index in [-0.39, 0.29) is 29.9 Å². The number of carbonyl (C=O) groups is 1. The van der Waals surface area contributed by atoms with Gasteiger partial charge in [0.25, 0.3) is 5.91 Å². The number of nitrogens with zero attached hydrogens (tertiary/aromatic N) is 4. The average molecular weight is 473 g/mol. The van der Waals surface area contributed by atoms with Crippen molar-refractivity contribution >= 4 is 17.3 Å². The third-order valence-corrected chi connectivity index (χ3v) is 6.07. The Balaban J connectivity index is 1.36. The molecule has 2 aromatic carbocycles. The molecule has 0 radical (unpaired) electrons. The van der Waals surface area contributed by atoms with E-state index < -0.39 is 35.1 Å². The summed E-state index contributed by atoms with van der Waals surface area (Å²) in [6, 6.07) is 10.4. The first-order chi connectivity index (χ1) is 16.1. The van der Waals surface area contributed by atoms with Gasteiger partial charge in [-0.2, -0.15) is 23.7 Å². The summed E-state index contributed by atoms with van der Waals surface area (Å²) >= 11 is 0. The number of carbonyl (C=O) groups excluding carboxylic acids is 1. The van der Waals surface area contributed by atoms with Gasteiger partial charge < -0.3 is 15.3 Å². The molecule has 3 aliphatic rings. The number of benzene rings is 2. The lowest BCUT2D eigenvalue weighted by atomic mass is 9.86. The Morgan fingerprint density at radius 2 is 1.85 bits per heavy atom. The number of hydrogen-bond donors (Lipinski definition) is 2. The van der Waals surface area contributed by atoms with Crippen molar-refractivity contribution in [2.24, 2.45) is 0 Å². The molecule has 0 saturated carbocycles. The molecule has 3 atom stereocenters. The maximum Gasteiger partial charge on any atom is 0.417 e. The fourth-order valence-corrected chi connectivity index (χ4v) is 4.53. The van der Waals surface area contributed by atoms with Crippen LogP contribution in [0.25, 0.3) is 0 Å². The van der Waals surface area contributed by atoms with Crippen molar-refractivity contribution in [2.45, 2.75) is 30.8 Å². The summed E-state index contributed by atoms with van der Waals surface area (Å²) in [6.07, 6.45) is -5.44. The van der Waals surface area contributed by atoms with E-state index in [9.17, 15) is 27.5 Å². The van der Waals surface area contributed by atoms with Gasteiger partial charge in [-0.1, -0.05) is 0 Å². The molecule has 0 spiro atoms. The third kappa shape index (κ3) is 4.53. The van der Waals surface area contributed by atoms with Crippen LogP contribution < -0.4 is 10.2 Å². The van der Waals surface area contributed by atoms with E-state index >= 15 is 0 Å². The third-order valence-electron chi connectivity index (χ3n) is 6.07. The second-order valence-electron chi connectivity index (χ2n) is 8.32. The van der Waals surface area contributed by atoms with E-state index in [0.717, 1.165) is 12.5 Å². The topological polar surface area (TPSA) is 103 Å². The molecule has 7 nitrogen and oxygen atoms in total. The highest BCUT2D eigenvalue weighted by molar-refractivity contribution is 5.94. The number of anilines is 2. The minimum atomic E-state index is -4.76. The molecule has 3 aliphatic heterocycles. The second-order valence-corrected chi connectivity index (χ2v) is 8.32. The first kappa shape index (κ1) is 23.5. The molecular formula is C23H19F4N5O2. The van der Waals surface area contributed by atoms with Crippen molar-refractivity contribution in [3.8, 4) is 12.1 Å². The van der Waals surface area contributed by atoms with Crippen molar-refractivity contribution < 1.29 is 27.5 Å². The molecular weight excluding hydrogens is 454 g/mol. The zero-order valence-electron chi connectivity index (χ0n) is 17.7. The number of aliphatic hydroxyl groups excluding tert-OH is 1. The molecule has 1 amide bonds. The van der Waals surface area contributed by atoms with E-state index in [1.165, 1.54) is 18.2 Å². The summed E-state index contributed by atoms with van der Waals surface area (Å²) < 4.78 is 53.7. The number of alkyl halides is 3. The molecule has 3 saturated heterocycles. The molecule has 3 unspecified atom stereocenters. The number of nitriles is 2. The molecule has 5 rings (SSSR count). The van der Waals surface area contributed by atoms with Crippen LogP contribution in [-0.2, 0) is 11.0 Å². The van der Waals surface area contributed by atoms with Crippen LogP contribution >= 0.6 is 0 Å². The second kappa shape index (κ2) is 8.93. The van der Waals surface area contributed by atoms with E-state index in [0.29, 0.717) is 24.8 Å². The van der Waals surface area contributed by atoms with Gasteiger partial charge in [0.2, 0.25) is 0 Å². The minimum absolute atomic E-state index is 0.0238. The molecule has 0 aromatic heterocycles. The molecule has 176 valence electrons. The van der Waals surface area contributed by atoms with Crippen LogP contribution in [0.2, 0.25) is 0 Å². The average Bonchev–Trinajstić information content (AvgIpc) is 2.79. The lowest BCUT2D eigenvalue weighted by molar-refractivity contribution is -0.137. The van der Waals surface area contributed by atoms with Crippen LogP contribution in [0.1, 0.15) is 23.1 Å². The normalized spacial score (nSPS) is 20.6. The van der Waals surface area contributed by atoms with Crippen LogP contribution in [0.3, 0.4) is 0 Å². The van der Waals surface area contributed by atoms with Gasteiger partial charge in [0.05, 0.1) is 34.5 Å². The van der Waals surface area contributed by atoms with Crippen LogP contribution in [-0.4, -0.2) is 53.7 Å².